The van der Waals surface area contributed by atoms with Crippen LogP contribution in [0.1, 0.15) is 44.1 Å². The average molecular weight is 445 g/mol. The van der Waals surface area contributed by atoms with E-state index in [2.05, 4.69) is 38.8 Å². The second kappa shape index (κ2) is 7.84. The van der Waals surface area contributed by atoms with Gasteiger partial charge in [0.15, 0.2) is 11.0 Å². The van der Waals surface area contributed by atoms with Crippen molar-refractivity contribution in [1.82, 2.24) is 19.7 Å². The van der Waals surface area contributed by atoms with Crippen LogP contribution in [0.5, 0.6) is 0 Å². The van der Waals surface area contributed by atoms with Gasteiger partial charge in [0.05, 0.1) is 11.4 Å². The molecular formula is C26H28N4OS. The lowest BCUT2D eigenvalue weighted by Gasteiger charge is -2.56. The topological polar surface area (TPSA) is 60.7 Å². The number of para-hydroxylation sites is 1. The van der Waals surface area contributed by atoms with Crippen molar-refractivity contribution in [2.45, 2.75) is 50.6 Å². The highest BCUT2D eigenvalue weighted by molar-refractivity contribution is 7.99. The van der Waals surface area contributed by atoms with Crippen LogP contribution in [-0.2, 0) is 4.79 Å². The summed E-state index contributed by atoms with van der Waals surface area (Å²) in [5.74, 6) is 4.01. The summed E-state index contributed by atoms with van der Waals surface area (Å²) >= 11 is 1.54. The van der Waals surface area contributed by atoms with Crippen LogP contribution in [0.3, 0.4) is 0 Å². The van der Waals surface area contributed by atoms with Crippen LogP contribution < -0.4 is 0 Å². The van der Waals surface area contributed by atoms with Crippen LogP contribution in [0.25, 0.3) is 17.1 Å². The van der Waals surface area contributed by atoms with Crippen molar-refractivity contribution in [1.29, 1.82) is 0 Å². The number of ketones is 1. The molecule has 0 unspecified atom stereocenters. The van der Waals surface area contributed by atoms with Crippen LogP contribution in [0, 0.1) is 30.1 Å². The maximum atomic E-state index is 13.6. The molecule has 0 radical (unpaired) electrons. The summed E-state index contributed by atoms with van der Waals surface area (Å²) in [5, 5.41) is 9.81. The molecule has 4 saturated carbocycles. The molecule has 0 spiro atoms. The monoisotopic (exact) mass is 444 g/mol. The van der Waals surface area contributed by atoms with Gasteiger partial charge in [0.2, 0.25) is 0 Å². The number of thioether (sulfide) groups is 1. The molecular weight excluding hydrogens is 416 g/mol. The van der Waals surface area contributed by atoms with Gasteiger partial charge in [-0.3, -0.25) is 14.3 Å². The van der Waals surface area contributed by atoms with Gasteiger partial charge < -0.3 is 0 Å². The Morgan fingerprint density at radius 2 is 1.75 bits per heavy atom. The van der Waals surface area contributed by atoms with Crippen LogP contribution in [-0.4, -0.2) is 31.3 Å². The minimum Gasteiger partial charge on any atom is -0.298 e. The summed E-state index contributed by atoms with van der Waals surface area (Å²) in [6.45, 7) is 2.09. The number of aryl methyl sites for hydroxylation is 1. The SMILES string of the molecule is Cc1ccccc1-n1c(SCC(=O)C23CC4CC(CC(C4)C2)C3)nnc1-c1cccnc1. The molecule has 5 nitrogen and oxygen atoms in total. The first-order chi connectivity index (χ1) is 15.6. The lowest BCUT2D eigenvalue weighted by molar-refractivity contribution is -0.141. The van der Waals surface area contributed by atoms with E-state index in [1.165, 1.54) is 19.3 Å². The second-order valence-electron chi connectivity index (χ2n) is 10.1. The molecule has 2 heterocycles. The summed E-state index contributed by atoms with van der Waals surface area (Å²) < 4.78 is 2.09. The van der Waals surface area contributed by atoms with E-state index in [0.717, 1.165) is 64.8 Å². The number of aromatic nitrogens is 4. The number of hydrogen-bond donors (Lipinski definition) is 0. The van der Waals surface area contributed by atoms with Crippen molar-refractivity contribution in [3.8, 4) is 17.1 Å². The van der Waals surface area contributed by atoms with Crippen LogP contribution >= 0.6 is 11.8 Å². The second-order valence-corrected chi connectivity index (χ2v) is 11.0. The molecule has 0 N–H and O–H groups in total. The van der Waals surface area contributed by atoms with E-state index in [4.69, 9.17) is 0 Å². The Bertz CT molecular complexity index is 1120. The predicted octanol–water partition coefficient (Wildman–Crippen LogP) is 5.52. The first-order valence-electron chi connectivity index (χ1n) is 11.7. The summed E-state index contributed by atoms with van der Waals surface area (Å²) in [6, 6.07) is 12.2. The van der Waals surface area contributed by atoms with E-state index in [0.29, 0.717) is 11.5 Å². The van der Waals surface area contributed by atoms with Crippen LogP contribution in [0.2, 0.25) is 0 Å². The van der Waals surface area contributed by atoms with Crippen molar-refractivity contribution in [3.05, 3.63) is 54.4 Å². The predicted molar refractivity (Wildman–Crippen MR) is 126 cm³/mol. The highest BCUT2D eigenvalue weighted by atomic mass is 32.2. The minimum atomic E-state index is -0.0680. The number of hydrogen-bond acceptors (Lipinski definition) is 5. The van der Waals surface area contributed by atoms with Crippen molar-refractivity contribution in [3.63, 3.8) is 0 Å². The maximum absolute atomic E-state index is 13.6. The van der Waals surface area contributed by atoms with E-state index in [9.17, 15) is 4.79 Å². The maximum Gasteiger partial charge on any atom is 0.196 e. The fourth-order valence-corrected chi connectivity index (χ4v) is 7.79. The Morgan fingerprint density at radius 1 is 1.03 bits per heavy atom. The summed E-state index contributed by atoms with van der Waals surface area (Å²) in [7, 11) is 0. The molecule has 0 aliphatic heterocycles. The van der Waals surface area contributed by atoms with Crippen LogP contribution in [0.15, 0.2) is 53.9 Å². The third kappa shape index (κ3) is 3.40. The lowest BCUT2D eigenvalue weighted by Crippen LogP contribution is -2.50. The van der Waals surface area contributed by atoms with E-state index in [1.807, 2.05) is 30.5 Å². The summed E-state index contributed by atoms with van der Waals surface area (Å²) in [6.07, 6.45) is 11.0. The highest BCUT2D eigenvalue weighted by Gasteiger charge is 2.54. The first-order valence-corrected chi connectivity index (χ1v) is 12.7. The third-order valence-electron chi connectivity index (χ3n) is 7.87. The molecule has 32 heavy (non-hydrogen) atoms. The Balaban J connectivity index is 1.31. The number of Topliss-reactive ketones (excluding diaryl/α,β-unsaturated/α-hetero) is 1. The van der Waals surface area contributed by atoms with Gasteiger partial charge in [-0.25, -0.2) is 0 Å². The molecule has 4 aliphatic carbocycles. The fourth-order valence-electron chi connectivity index (χ4n) is 6.81. The zero-order valence-electron chi connectivity index (χ0n) is 18.4. The Kier molecular flexibility index (Phi) is 4.94. The van der Waals surface area contributed by atoms with Crippen molar-refractivity contribution in [2.24, 2.45) is 23.2 Å². The molecule has 6 heteroatoms. The Labute approximate surface area is 193 Å². The molecule has 3 aromatic rings. The molecule has 164 valence electrons. The highest BCUT2D eigenvalue weighted by Crippen LogP contribution is 2.60. The van der Waals surface area contributed by atoms with Gasteiger partial charge in [-0.2, -0.15) is 0 Å². The molecule has 2 aromatic heterocycles. The first kappa shape index (κ1) is 20.2. The van der Waals surface area contributed by atoms with Gasteiger partial charge in [0.25, 0.3) is 0 Å². The standard InChI is InChI=1S/C26H28N4OS/c1-17-5-2-3-7-22(17)30-24(21-6-4-8-27-15-21)28-29-25(30)32-16-23(31)26-12-18-9-19(13-26)11-20(10-18)14-26/h2-8,15,18-20H,9-14,16H2,1H3. The number of benzene rings is 1. The molecule has 0 amide bonds. The molecule has 0 saturated heterocycles. The molecule has 4 fully saturated rings. The van der Waals surface area contributed by atoms with Crippen LogP contribution in [0.4, 0.5) is 0 Å². The fraction of sp³-hybridized carbons (Fsp3) is 0.462. The van der Waals surface area contributed by atoms with Gasteiger partial charge in [-0.05, 0) is 87.0 Å². The number of carbonyl (C=O) groups is 1. The van der Waals surface area contributed by atoms with Gasteiger partial charge in [-0.1, -0.05) is 30.0 Å². The number of rotatable bonds is 6. The smallest absolute Gasteiger partial charge is 0.196 e. The lowest BCUT2D eigenvalue weighted by atomic mass is 9.48. The minimum absolute atomic E-state index is 0.0680. The van der Waals surface area contributed by atoms with Gasteiger partial charge in [0.1, 0.15) is 5.78 Å². The zero-order valence-corrected chi connectivity index (χ0v) is 19.2. The van der Waals surface area contributed by atoms with Gasteiger partial charge in [-0.15, -0.1) is 10.2 Å². The molecule has 0 atom stereocenters. The Hall–Kier alpha value is -2.47. The molecule has 4 aliphatic rings. The molecule has 7 rings (SSSR count). The molecule has 1 aromatic carbocycles. The van der Waals surface area contributed by atoms with Crippen molar-refractivity contribution in [2.75, 3.05) is 5.75 Å². The van der Waals surface area contributed by atoms with Gasteiger partial charge in [0, 0.05) is 23.4 Å². The molecule has 4 bridgehead atoms. The Morgan fingerprint density at radius 3 is 2.41 bits per heavy atom. The quantitative estimate of drug-likeness (QED) is 0.469. The third-order valence-corrected chi connectivity index (χ3v) is 8.80. The van der Waals surface area contributed by atoms with E-state index in [1.54, 1.807) is 18.0 Å². The average Bonchev–Trinajstić information content (AvgIpc) is 3.21. The van der Waals surface area contributed by atoms with Crippen molar-refractivity contribution < 1.29 is 4.79 Å². The summed E-state index contributed by atoms with van der Waals surface area (Å²) in [5.41, 5.74) is 3.04. The van der Waals surface area contributed by atoms with E-state index in [-0.39, 0.29) is 5.41 Å². The summed E-state index contributed by atoms with van der Waals surface area (Å²) in [4.78, 5) is 17.8. The van der Waals surface area contributed by atoms with Gasteiger partial charge >= 0.3 is 0 Å². The number of carbonyl (C=O) groups excluding carboxylic acids is 1. The number of nitrogens with zero attached hydrogens (tertiary/aromatic N) is 4. The normalized spacial score (nSPS) is 28.2. The van der Waals surface area contributed by atoms with E-state index >= 15 is 0 Å². The number of pyridine rings is 1. The van der Waals surface area contributed by atoms with Crippen molar-refractivity contribution >= 4 is 17.5 Å². The zero-order chi connectivity index (χ0) is 21.7. The largest absolute Gasteiger partial charge is 0.298 e. The van der Waals surface area contributed by atoms with E-state index < -0.39 is 0 Å².